The number of nitrogens with zero attached hydrogens (tertiary/aromatic N) is 1. The molecular weight excluding hydrogens is 240 g/mol. The lowest BCUT2D eigenvalue weighted by molar-refractivity contribution is -0.127. The smallest absolute Gasteiger partial charge is 0.168 e. The van der Waals surface area contributed by atoms with Crippen LogP contribution in [0.2, 0.25) is 0 Å². The van der Waals surface area contributed by atoms with E-state index in [1.54, 1.807) is 6.20 Å². The molecule has 104 valence electrons. The summed E-state index contributed by atoms with van der Waals surface area (Å²) in [6.45, 7) is 8.20. The predicted molar refractivity (Wildman–Crippen MR) is 77.0 cm³/mol. The maximum Gasteiger partial charge on any atom is 0.168 e. The van der Waals surface area contributed by atoms with Gasteiger partial charge in [-0.15, -0.1) is 0 Å². The van der Waals surface area contributed by atoms with Crippen molar-refractivity contribution < 1.29 is 9.59 Å². The van der Waals surface area contributed by atoms with Gasteiger partial charge in [-0.1, -0.05) is 19.9 Å². The van der Waals surface area contributed by atoms with Crippen molar-refractivity contribution in [2.24, 2.45) is 10.4 Å². The highest BCUT2D eigenvalue weighted by molar-refractivity contribution is 6.22. The Morgan fingerprint density at radius 2 is 1.89 bits per heavy atom. The molecule has 1 rings (SSSR count). The maximum absolute atomic E-state index is 11.9. The summed E-state index contributed by atoms with van der Waals surface area (Å²) in [5.74, 6) is -0.145. The number of allylic oxidation sites excluding steroid dienone is 2. The summed E-state index contributed by atoms with van der Waals surface area (Å²) in [5, 5.41) is 2.98. The number of ketones is 2. The van der Waals surface area contributed by atoms with Gasteiger partial charge in [-0.05, 0) is 19.3 Å². The van der Waals surface area contributed by atoms with Gasteiger partial charge in [0.15, 0.2) is 11.6 Å². The largest absolute Gasteiger partial charge is 0.385 e. The van der Waals surface area contributed by atoms with Crippen molar-refractivity contribution in [1.29, 1.82) is 0 Å². The Balaban J connectivity index is 2.63. The minimum absolute atomic E-state index is 0.0724. The molecule has 1 fully saturated rings. The lowest BCUT2D eigenvalue weighted by Gasteiger charge is -2.28. The minimum atomic E-state index is -0.213. The molecule has 1 aliphatic rings. The number of Topliss-reactive ketones (excluding diaryl/α,β-unsaturated/α-hetero) is 2. The van der Waals surface area contributed by atoms with Crippen LogP contribution in [0.4, 0.5) is 0 Å². The monoisotopic (exact) mass is 262 g/mol. The van der Waals surface area contributed by atoms with E-state index in [0.29, 0.717) is 19.4 Å². The lowest BCUT2D eigenvalue weighted by Crippen LogP contribution is -2.32. The van der Waals surface area contributed by atoms with E-state index >= 15 is 0 Å². The fourth-order valence-corrected chi connectivity index (χ4v) is 1.99. The molecule has 0 bridgehead atoms. The van der Waals surface area contributed by atoms with Gasteiger partial charge in [-0.2, -0.15) is 0 Å². The summed E-state index contributed by atoms with van der Waals surface area (Å²) in [6.07, 6.45) is 5.95. The normalized spacial score (nSPS) is 20.0. The Morgan fingerprint density at radius 3 is 2.42 bits per heavy atom. The van der Waals surface area contributed by atoms with Gasteiger partial charge in [0.05, 0.1) is 12.1 Å². The van der Waals surface area contributed by atoms with Crippen molar-refractivity contribution in [2.45, 2.75) is 40.5 Å². The molecule has 1 N–H and O–H groups in total. The van der Waals surface area contributed by atoms with Crippen molar-refractivity contribution in [3.63, 3.8) is 0 Å². The fourth-order valence-electron chi connectivity index (χ4n) is 1.99. The van der Waals surface area contributed by atoms with Crippen LogP contribution in [0.15, 0.2) is 29.0 Å². The standard InChI is InChI=1S/C15H22N2O2/c1-5-6-17-11(2)9-16-10-12-13(18)7-15(3,4)8-14(12)19/h5-6,10,16H,7-9H2,1-4H3/b6-5-,17-11+. The summed E-state index contributed by atoms with van der Waals surface area (Å²) < 4.78 is 0. The van der Waals surface area contributed by atoms with E-state index < -0.39 is 0 Å². The third-order valence-corrected chi connectivity index (χ3v) is 2.93. The number of aliphatic imine (C=N–C) groups is 1. The number of rotatable bonds is 4. The molecule has 0 aromatic heterocycles. The highest BCUT2D eigenvalue weighted by Gasteiger charge is 2.35. The molecule has 0 aromatic carbocycles. The van der Waals surface area contributed by atoms with Gasteiger partial charge >= 0.3 is 0 Å². The Kier molecular flexibility index (Phi) is 5.21. The van der Waals surface area contributed by atoms with Gasteiger partial charge in [-0.3, -0.25) is 14.6 Å². The SMILES string of the molecule is C/C=C\N=C(/C)CNC=C1C(=O)CC(C)(C)CC1=O. The molecule has 0 atom stereocenters. The second-order valence-electron chi connectivity index (χ2n) is 5.65. The van der Waals surface area contributed by atoms with E-state index in [0.717, 1.165) is 5.71 Å². The molecule has 19 heavy (non-hydrogen) atoms. The van der Waals surface area contributed by atoms with Gasteiger partial charge in [0, 0.05) is 31.0 Å². The molecule has 0 aliphatic heterocycles. The van der Waals surface area contributed by atoms with Crippen molar-refractivity contribution in [3.8, 4) is 0 Å². The topological polar surface area (TPSA) is 58.5 Å². The van der Waals surface area contributed by atoms with Crippen LogP contribution < -0.4 is 5.32 Å². The summed E-state index contributed by atoms with van der Waals surface area (Å²) in [4.78, 5) is 28.0. The second kappa shape index (κ2) is 6.45. The number of carbonyl (C=O) groups is 2. The van der Waals surface area contributed by atoms with E-state index in [1.165, 1.54) is 6.20 Å². The molecule has 0 radical (unpaired) electrons. The quantitative estimate of drug-likeness (QED) is 0.481. The molecule has 4 nitrogen and oxygen atoms in total. The van der Waals surface area contributed by atoms with Crippen LogP contribution in [0.1, 0.15) is 40.5 Å². The first-order chi connectivity index (χ1) is 8.85. The fraction of sp³-hybridized carbons (Fsp3) is 0.533. The third kappa shape index (κ3) is 4.81. The molecule has 0 saturated heterocycles. The van der Waals surface area contributed by atoms with Crippen molar-refractivity contribution >= 4 is 17.3 Å². The van der Waals surface area contributed by atoms with Crippen molar-refractivity contribution in [2.75, 3.05) is 6.54 Å². The first-order valence-electron chi connectivity index (χ1n) is 6.50. The Bertz CT molecular complexity index is 435. The van der Waals surface area contributed by atoms with Crippen LogP contribution in [0.5, 0.6) is 0 Å². The number of nitrogens with one attached hydrogen (secondary N) is 1. The predicted octanol–water partition coefficient (Wildman–Crippen LogP) is 2.41. The van der Waals surface area contributed by atoms with E-state index in [-0.39, 0.29) is 22.6 Å². The zero-order chi connectivity index (χ0) is 14.5. The highest BCUT2D eigenvalue weighted by Crippen LogP contribution is 2.33. The van der Waals surface area contributed by atoms with Crippen LogP contribution in [0.25, 0.3) is 0 Å². The average Bonchev–Trinajstić information content (AvgIpc) is 2.28. The number of carbonyl (C=O) groups excluding carboxylic acids is 2. The number of hydrogen-bond donors (Lipinski definition) is 1. The molecule has 1 saturated carbocycles. The molecular formula is C15H22N2O2. The van der Waals surface area contributed by atoms with Crippen LogP contribution >= 0.6 is 0 Å². The molecule has 0 aromatic rings. The molecule has 0 spiro atoms. The third-order valence-electron chi connectivity index (χ3n) is 2.93. The zero-order valence-electron chi connectivity index (χ0n) is 12.1. The highest BCUT2D eigenvalue weighted by atomic mass is 16.1. The minimum Gasteiger partial charge on any atom is -0.385 e. The van der Waals surface area contributed by atoms with Crippen LogP contribution in [0, 0.1) is 5.41 Å². The van der Waals surface area contributed by atoms with Gasteiger partial charge < -0.3 is 5.32 Å². The van der Waals surface area contributed by atoms with Gasteiger partial charge in [0.2, 0.25) is 0 Å². The van der Waals surface area contributed by atoms with Crippen molar-refractivity contribution in [1.82, 2.24) is 5.32 Å². The van der Waals surface area contributed by atoms with Gasteiger partial charge in [0.1, 0.15) is 0 Å². The summed E-state index contributed by atoms with van der Waals surface area (Å²) in [5.41, 5.74) is 0.971. The summed E-state index contributed by atoms with van der Waals surface area (Å²) in [6, 6.07) is 0. The molecule has 1 aliphatic carbocycles. The first-order valence-corrected chi connectivity index (χ1v) is 6.50. The lowest BCUT2D eigenvalue weighted by atomic mass is 9.74. The Labute approximate surface area is 114 Å². The summed E-state index contributed by atoms with van der Waals surface area (Å²) >= 11 is 0. The van der Waals surface area contributed by atoms with Crippen LogP contribution in [-0.2, 0) is 9.59 Å². The average molecular weight is 262 g/mol. The second-order valence-corrected chi connectivity index (χ2v) is 5.65. The molecule has 0 amide bonds. The van der Waals surface area contributed by atoms with Gasteiger partial charge in [-0.25, -0.2) is 0 Å². The van der Waals surface area contributed by atoms with Crippen molar-refractivity contribution in [3.05, 3.63) is 24.0 Å². The number of hydrogen-bond acceptors (Lipinski definition) is 4. The maximum atomic E-state index is 11.9. The molecule has 0 heterocycles. The van der Waals surface area contributed by atoms with E-state index in [9.17, 15) is 9.59 Å². The summed E-state index contributed by atoms with van der Waals surface area (Å²) in [7, 11) is 0. The molecule has 0 unspecified atom stereocenters. The van der Waals surface area contributed by atoms with Crippen LogP contribution in [-0.4, -0.2) is 23.8 Å². The van der Waals surface area contributed by atoms with Crippen LogP contribution in [0.3, 0.4) is 0 Å². The Morgan fingerprint density at radius 1 is 1.32 bits per heavy atom. The van der Waals surface area contributed by atoms with E-state index in [1.807, 2.05) is 33.8 Å². The van der Waals surface area contributed by atoms with E-state index in [4.69, 9.17) is 0 Å². The molecule has 4 heteroatoms. The van der Waals surface area contributed by atoms with Gasteiger partial charge in [0.25, 0.3) is 0 Å². The first kappa shape index (κ1) is 15.3. The van der Waals surface area contributed by atoms with E-state index in [2.05, 4.69) is 10.3 Å². The Hall–Kier alpha value is -1.71. The zero-order valence-corrected chi connectivity index (χ0v) is 12.1.